The Labute approximate surface area is 146 Å². The van der Waals surface area contributed by atoms with Gasteiger partial charge in [-0.2, -0.15) is 0 Å². The highest BCUT2D eigenvalue weighted by atomic mass is 79.9. The number of halogens is 2. The van der Waals surface area contributed by atoms with Crippen LogP contribution < -0.4 is 0 Å². The lowest BCUT2D eigenvalue weighted by molar-refractivity contribution is -0.156. The fourth-order valence-electron chi connectivity index (χ4n) is 4.44. The van der Waals surface area contributed by atoms with Gasteiger partial charge in [0.15, 0.2) is 0 Å². The van der Waals surface area contributed by atoms with Crippen molar-refractivity contribution in [2.24, 2.45) is 29.6 Å². The van der Waals surface area contributed by atoms with E-state index in [2.05, 4.69) is 31.9 Å². The summed E-state index contributed by atoms with van der Waals surface area (Å²) in [5, 5.41) is 9.47. The molecule has 22 heavy (non-hydrogen) atoms. The lowest BCUT2D eigenvalue weighted by Gasteiger charge is -2.28. The molecule has 3 rings (SSSR count). The van der Waals surface area contributed by atoms with Crippen LogP contribution in [0.1, 0.15) is 26.7 Å². The Kier molecular flexibility index (Phi) is 4.17. The van der Waals surface area contributed by atoms with Crippen LogP contribution in [0, 0.1) is 29.6 Å². The minimum atomic E-state index is -1.09. The van der Waals surface area contributed by atoms with Crippen LogP contribution >= 0.6 is 31.9 Å². The molecule has 1 saturated heterocycles. The second kappa shape index (κ2) is 5.58. The number of carboxylic acids is 1. The summed E-state index contributed by atoms with van der Waals surface area (Å²) in [6.45, 7) is 3.79. The third-order valence-corrected chi connectivity index (χ3v) is 8.52. The lowest BCUT2D eigenvalue weighted by Crippen LogP contribution is -2.47. The van der Waals surface area contributed by atoms with Gasteiger partial charge in [-0.05, 0) is 30.6 Å². The largest absolute Gasteiger partial charge is 0.480 e. The number of fused-ring (bicyclic) bond motifs is 5. The van der Waals surface area contributed by atoms with Gasteiger partial charge in [-0.1, -0.05) is 45.7 Å². The quantitative estimate of drug-likeness (QED) is 0.541. The molecular formula is C15H19Br2NO4. The Morgan fingerprint density at radius 3 is 2.00 bits per heavy atom. The van der Waals surface area contributed by atoms with Crippen LogP contribution in [0.5, 0.6) is 0 Å². The zero-order valence-electron chi connectivity index (χ0n) is 12.4. The highest BCUT2D eigenvalue weighted by Crippen LogP contribution is 2.60. The first-order chi connectivity index (χ1) is 10.3. The fourth-order valence-corrected chi connectivity index (χ4v) is 6.32. The summed E-state index contributed by atoms with van der Waals surface area (Å²) >= 11 is 7.25. The van der Waals surface area contributed by atoms with Crippen molar-refractivity contribution in [1.82, 2.24) is 4.90 Å². The molecule has 7 atom stereocenters. The van der Waals surface area contributed by atoms with E-state index in [4.69, 9.17) is 0 Å². The molecule has 5 nitrogen and oxygen atoms in total. The SMILES string of the molecule is CC(C)C[C@H](C(=O)O)N1C(=O)[C@@H]2[C@@H]3C[C@@H]([C@H](Br)[C@@H]3Br)[C@@H]2C1=O. The maximum atomic E-state index is 12.8. The van der Waals surface area contributed by atoms with E-state index in [0.717, 1.165) is 11.3 Å². The van der Waals surface area contributed by atoms with E-state index in [-0.39, 0.29) is 51.1 Å². The first kappa shape index (κ1) is 16.4. The van der Waals surface area contributed by atoms with Crippen molar-refractivity contribution in [2.75, 3.05) is 0 Å². The Bertz CT molecular complexity index is 506. The van der Waals surface area contributed by atoms with Crippen LogP contribution in [0.2, 0.25) is 0 Å². The van der Waals surface area contributed by atoms with E-state index < -0.39 is 12.0 Å². The first-order valence-corrected chi connectivity index (χ1v) is 9.46. The number of aliphatic carboxylic acids is 1. The van der Waals surface area contributed by atoms with E-state index in [0.29, 0.717) is 6.42 Å². The minimum absolute atomic E-state index is 0.103. The molecule has 122 valence electrons. The Hall–Kier alpha value is -0.430. The molecule has 0 spiro atoms. The Balaban J connectivity index is 1.92. The van der Waals surface area contributed by atoms with Gasteiger partial charge >= 0.3 is 5.97 Å². The van der Waals surface area contributed by atoms with Crippen LogP contribution in [0.3, 0.4) is 0 Å². The monoisotopic (exact) mass is 435 g/mol. The van der Waals surface area contributed by atoms with Gasteiger partial charge in [0.25, 0.3) is 0 Å². The third kappa shape index (κ3) is 2.19. The highest BCUT2D eigenvalue weighted by Gasteiger charge is 2.67. The van der Waals surface area contributed by atoms with Crippen LogP contribution in [0.4, 0.5) is 0 Å². The lowest BCUT2D eigenvalue weighted by atomic mass is 9.81. The van der Waals surface area contributed by atoms with Crippen molar-refractivity contribution < 1.29 is 19.5 Å². The summed E-state index contributed by atoms with van der Waals surface area (Å²) in [5.74, 6) is -1.99. The maximum absolute atomic E-state index is 12.8. The van der Waals surface area contributed by atoms with Gasteiger partial charge in [0.05, 0.1) is 11.8 Å². The normalized spacial score (nSPS) is 41.4. The summed E-state index contributed by atoms with van der Waals surface area (Å²) < 4.78 is 0. The molecule has 2 bridgehead atoms. The molecule has 0 aromatic carbocycles. The number of alkyl halides is 2. The number of carbonyl (C=O) groups is 3. The zero-order valence-corrected chi connectivity index (χ0v) is 15.6. The predicted octanol–water partition coefficient (Wildman–Crippen LogP) is 2.26. The van der Waals surface area contributed by atoms with Crippen molar-refractivity contribution in [1.29, 1.82) is 0 Å². The molecule has 1 aliphatic heterocycles. The van der Waals surface area contributed by atoms with E-state index in [1.54, 1.807) is 0 Å². The summed E-state index contributed by atoms with van der Waals surface area (Å²) in [7, 11) is 0. The molecule has 0 aromatic heterocycles. The average molecular weight is 437 g/mol. The number of nitrogens with zero attached hydrogens (tertiary/aromatic N) is 1. The highest BCUT2D eigenvalue weighted by molar-refractivity contribution is 9.12. The van der Waals surface area contributed by atoms with Crippen LogP contribution in [-0.2, 0) is 14.4 Å². The van der Waals surface area contributed by atoms with Gasteiger partial charge in [-0.15, -0.1) is 0 Å². The molecule has 3 fully saturated rings. The molecular weight excluding hydrogens is 418 g/mol. The van der Waals surface area contributed by atoms with Crippen molar-refractivity contribution in [3.63, 3.8) is 0 Å². The van der Waals surface area contributed by atoms with Gasteiger partial charge in [-0.25, -0.2) is 4.79 Å². The molecule has 3 aliphatic rings. The minimum Gasteiger partial charge on any atom is -0.480 e. The molecule has 2 aliphatic carbocycles. The molecule has 2 amide bonds. The molecule has 7 heteroatoms. The van der Waals surface area contributed by atoms with Crippen molar-refractivity contribution in [2.45, 2.75) is 42.4 Å². The van der Waals surface area contributed by atoms with E-state index in [1.165, 1.54) is 0 Å². The number of carboxylic acid groups (broad SMARTS) is 1. The summed E-state index contributed by atoms with van der Waals surface area (Å²) in [4.78, 5) is 38.5. The third-order valence-electron chi connectivity index (χ3n) is 5.31. The maximum Gasteiger partial charge on any atom is 0.326 e. The number of carbonyl (C=O) groups excluding carboxylic acids is 2. The molecule has 1 N–H and O–H groups in total. The zero-order chi connectivity index (χ0) is 16.3. The molecule has 1 heterocycles. The van der Waals surface area contributed by atoms with E-state index in [1.807, 2.05) is 13.8 Å². The van der Waals surface area contributed by atoms with Crippen LogP contribution in [0.25, 0.3) is 0 Å². The first-order valence-electron chi connectivity index (χ1n) is 7.63. The molecule has 0 aromatic rings. The fraction of sp³-hybridized carbons (Fsp3) is 0.800. The molecule has 0 radical (unpaired) electrons. The van der Waals surface area contributed by atoms with Crippen LogP contribution in [0.15, 0.2) is 0 Å². The Morgan fingerprint density at radius 2 is 1.64 bits per heavy atom. The average Bonchev–Trinajstić information content (AvgIpc) is 3.02. The number of amides is 2. The number of rotatable bonds is 4. The van der Waals surface area contributed by atoms with Crippen molar-refractivity contribution in [3.8, 4) is 0 Å². The number of imide groups is 1. The van der Waals surface area contributed by atoms with E-state index in [9.17, 15) is 19.5 Å². The van der Waals surface area contributed by atoms with Crippen molar-refractivity contribution >= 4 is 49.6 Å². The second-order valence-electron chi connectivity index (χ2n) is 7.03. The summed E-state index contributed by atoms with van der Waals surface area (Å²) in [6.07, 6.45) is 1.16. The molecule has 0 unspecified atom stereocenters. The summed E-state index contributed by atoms with van der Waals surface area (Å²) in [6, 6.07) is -1.03. The predicted molar refractivity (Wildman–Crippen MR) is 86.7 cm³/mol. The second-order valence-corrected chi connectivity index (χ2v) is 9.15. The van der Waals surface area contributed by atoms with Crippen LogP contribution in [-0.4, -0.2) is 43.5 Å². The standard InChI is InChI=1S/C15H19Br2NO4/c1-5(2)3-8(15(21)22)18-13(19)9-6-4-7(10(9)14(18)20)12(17)11(6)16/h5-12H,3-4H2,1-2H3,(H,21,22)/t6-,7+,8-,9+,10-,11+,12-/m1/s1. The summed E-state index contributed by atoms with van der Waals surface area (Å²) in [5.41, 5.74) is 0. The number of likely N-dealkylation sites (tertiary alicyclic amines) is 1. The van der Waals surface area contributed by atoms with Crippen molar-refractivity contribution in [3.05, 3.63) is 0 Å². The van der Waals surface area contributed by atoms with Gasteiger partial charge in [0.1, 0.15) is 6.04 Å². The smallest absolute Gasteiger partial charge is 0.326 e. The number of hydrogen-bond acceptors (Lipinski definition) is 3. The van der Waals surface area contributed by atoms with E-state index >= 15 is 0 Å². The molecule has 2 saturated carbocycles. The van der Waals surface area contributed by atoms with Gasteiger partial charge in [0, 0.05) is 9.65 Å². The van der Waals surface area contributed by atoms with Gasteiger partial charge in [-0.3, -0.25) is 14.5 Å². The van der Waals surface area contributed by atoms with Gasteiger partial charge < -0.3 is 5.11 Å². The Morgan fingerprint density at radius 1 is 1.18 bits per heavy atom. The van der Waals surface area contributed by atoms with Gasteiger partial charge in [0.2, 0.25) is 11.8 Å². The number of hydrogen-bond donors (Lipinski definition) is 1. The topological polar surface area (TPSA) is 74.7 Å².